The van der Waals surface area contributed by atoms with Gasteiger partial charge in [0.1, 0.15) is 36.9 Å². The zero-order valence-electron chi connectivity index (χ0n) is 18.9. The average Bonchev–Trinajstić information content (AvgIpc) is 2.77. The van der Waals surface area contributed by atoms with Gasteiger partial charge in [0.2, 0.25) is 5.41 Å². The predicted molar refractivity (Wildman–Crippen MR) is 113 cm³/mol. The van der Waals surface area contributed by atoms with Crippen LogP contribution >= 0.6 is 0 Å². The van der Waals surface area contributed by atoms with E-state index in [0.29, 0.717) is 24.3 Å². The van der Waals surface area contributed by atoms with Gasteiger partial charge in [-0.15, -0.1) is 0 Å². The lowest BCUT2D eigenvalue weighted by atomic mass is 9.73. The highest BCUT2D eigenvalue weighted by Gasteiger charge is 2.72. The monoisotopic (exact) mass is 512 g/mol. The molecule has 0 amide bonds. The molecule has 6 nitrogen and oxygen atoms in total. The molecule has 0 heterocycles. The minimum absolute atomic E-state index is 0.0273. The molecule has 0 aliphatic rings. The molecule has 0 bridgehead atoms. The van der Waals surface area contributed by atoms with E-state index in [1.807, 2.05) is 0 Å². The molecule has 2 rings (SSSR count). The highest BCUT2D eigenvalue weighted by Crippen LogP contribution is 2.56. The fraction of sp³-hybridized carbons (Fsp3) is 0.478. The third-order valence-corrected chi connectivity index (χ3v) is 5.03. The first-order chi connectivity index (χ1) is 16.4. The largest absolute Gasteiger partial charge is 0.491 e. The van der Waals surface area contributed by atoms with Crippen LogP contribution in [-0.4, -0.2) is 75.4 Å². The van der Waals surface area contributed by atoms with E-state index in [1.54, 1.807) is 0 Å². The van der Waals surface area contributed by atoms with Crippen molar-refractivity contribution in [1.82, 2.24) is 0 Å². The highest BCUT2D eigenvalue weighted by atomic mass is 19.4. The van der Waals surface area contributed by atoms with Gasteiger partial charge in [0.05, 0.1) is 13.2 Å². The van der Waals surface area contributed by atoms with Crippen LogP contribution in [0, 0.1) is 0 Å². The maximum atomic E-state index is 14.2. The number of alkyl halides is 6. The van der Waals surface area contributed by atoms with Gasteiger partial charge < -0.3 is 29.2 Å². The van der Waals surface area contributed by atoms with Crippen LogP contribution in [0.4, 0.5) is 26.3 Å². The first kappa shape index (κ1) is 28.7. The maximum absolute atomic E-state index is 14.2. The molecule has 0 saturated heterocycles. The number of aliphatic hydroxyl groups excluding tert-OH is 2. The minimum Gasteiger partial charge on any atom is -0.491 e. The molecule has 0 aliphatic heterocycles. The molecular weight excluding hydrogens is 486 g/mol. The lowest BCUT2D eigenvalue weighted by Crippen LogP contribution is -2.54. The van der Waals surface area contributed by atoms with E-state index in [0.717, 1.165) is 24.3 Å². The fourth-order valence-corrected chi connectivity index (χ4v) is 3.45. The van der Waals surface area contributed by atoms with Crippen molar-refractivity contribution < 1.29 is 55.5 Å². The molecule has 0 fully saturated rings. The standard InChI is InChI=1S/C23H26F6O6/c1-32-11-17(30)13-34-19-7-3-15(4-8-19)21(22(24,25)26,23(27,28)29)16-5-9-20(10-6-16)35-14-18(31)12-33-2/h3-10,17-18,30-31H,11-14H2,1-2H3. The number of rotatable bonds is 12. The summed E-state index contributed by atoms with van der Waals surface area (Å²) in [6.45, 7) is -0.655. The van der Waals surface area contributed by atoms with Gasteiger partial charge in [0, 0.05) is 14.2 Å². The highest BCUT2D eigenvalue weighted by molar-refractivity contribution is 5.47. The summed E-state index contributed by atoms with van der Waals surface area (Å²) in [6, 6.07) is 6.61. The van der Waals surface area contributed by atoms with Gasteiger partial charge >= 0.3 is 12.4 Å². The smallest absolute Gasteiger partial charge is 0.411 e. The van der Waals surface area contributed by atoms with Gasteiger partial charge in [0.25, 0.3) is 0 Å². The average molecular weight is 512 g/mol. The summed E-state index contributed by atoms with van der Waals surface area (Å²) >= 11 is 0. The lowest BCUT2D eigenvalue weighted by Gasteiger charge is -2.38. The number of ether oxygens (including phenoxy) is 4. The third kappa shape index (κ3) is 6.78. The zero-order chi connectivity index (χ0) is 26.3. The number of halogens is 6. The van der Waals surface area contributed by atoms with Crippen LogP contribution in [0.5, 0.6) is 11.5 Å². The molecule has 0 radical (unpaired) electrons. The predicted octanol–water partition coefficient (Wildman–Crippen LogP) is 3.87. The first-order valence-corrected chi connectivity index (χ1v) is 10.3. The molecule has 0 saturated carbocycles. The third-order valence-electron chi connectivity index (χ3n) is 5.03. The van der Waals surface area contributed by atoms with Crippen LogP contribution in [0.2, 0.25) is 0 Å². The van der Waals surface area contributed by atoms with E-state index in [1.165, 1.54) is 14.2 Å². The van der Waals surface area contributed by atoms with E-state index < -0.39 is 41.1 Å². The summed E-state index contributed by atoms with van der Waals surface area (Å²) in [5.41, 5.74) is -6.46. The van der Waals surface area contributed by atoms with Gasteiger partial charge in [-0.25, -0.2) is 0 Å². The molecular formula is C23H26F6O6. The molecule has 2 aromatic carbocycles. The normalized spacial score (nSPS) is 14.5. The number of methoxy groups -OCH3 is 2. The first-order valence-electron chi connectivity index (χ1n) is 10.3. The Morgan fingerprint density at radius 1 is 0.600 bits per heavy atom. The van der Waals surface area contributed by atoms with Crippen molar-refractivity contribution in [2.75, 3.05) is 40.6 Å². The number of hydrogen-bond donors (Lipinski definition) is 2. The minimum atomic E-state index is -5.75. The summed E-state index contributed by atoms with van der Waals surface area (Å²) in [7, 11) is 2.69. The number of benzene rings is 2. The van der Waals surface area contributed by atoms with E-state index in [-0.39, 0.29) is 37.9 Å². The van der Waals surface area contributed by atoms with E-state index >= 15 is 0 Å². The Morgan fingerprint density at radius 2 is 0.914 bits per heavy atom. The van der Waals surface area contributed by atoms with Crippen molar-refractivity contribution in [1.29, 1.82) is 0 Å². The van der Waals surface area contributed by atoms with Crippen LogP contribution in [0.25, 0.3) is 0 Å². The lowest BCUT2D eigenvalue weighted by molar-refractivity contribution is -0.288. The summed E-state index contributed by atoms with van der Waals surface area (Å²) in [5, 5.41) is 19.2. The second kappa shape index (κ2) is 11.9. The van der Waals surface area contributed by atoms with Crippen LogP contribution < -0.4 is 9.47 Å². The van der Waals surface area contributed by atoms with Crippen LogP contribution in [-0.2, 0) is 14.9 Å². The molecule has 0 spiro atoms. The molecule has 2 unspecified atom stereocenters. The van der Waals surface area contributed by atoms with Crippen molar-refractivity contribution in [2.45, 2.75) is 30.0 Å². The number of aliphatic hydroxyl groups is 2. The molecule has 2 atom stereocenters. The van der Waals surface area contributed by atoms with Crippen LogP contribution in [0.1, 0.15) is 11.1 Å². The van der Waals surface area contributed by atoms with Crippen LogP contribution in [0.15, 0.2) is 48.5 Å². The summed E-state index contributed by atoms with van der Waals surface area (Å²) in [5.74, 6) is -0.0546. The maximum Gasteiger partial charge on any atom is 0.411 e. The Bertz CT molecular complexity index is 823. The van der Waals surface area contributed by atoms with Crippen molar-refractivity contribution in [3.63, 3.8) is 0 Å². The summed E-state index contributed by atoms with van der Waals surface area (Å²) < 4.78 is 105. The Hall–Kier alpha value is -2.54. The van der Waals surface area contributed by atoms with Gasteiger partial charge in [-0.2, -0.15) is 26.3 Å². The summed E-state index contributed by atoms with van der Waals surface area (Å²) in [4.78, 5) is 0. The van der Waals surface area contributed by atoms with E-state index in [9.17, 15) is 36.6 Å². The van der Waals surface area contributed by atoms with Gasteiger partial charge in [-0.3, -0.25) is 0 Å². The SMILES string of the molecule is COCC(O)COc1ccc(C(c2ccc(OCC(O)COC)cc2)(C(F)(F)F)C(F)(F)F)cc1. The second-order valence-electron chi connectivity index (χ2n) is 7.63. The Balaban J connectivity index is 2.41. The van der Waals surface area contributed by atoms with Crippen molar-refractivity contribution in [3.8, 4) is 11.5 Å². The Morgan fingerprint density at radius 3 is 1.17 bits per heavy atom. The van der Waals surface area contributed by atoms with Crippen molar-refractivity contribution >= 4 is 0 Å². The van der Waals surface area contributed by atoms with Crippen molar-refractivity contribution in [2.24, 2.45) is 0 Å². The molecule has 12 heteroatoms. The van der Waals surface area contributed by atoms with Gasteiger partial charge in [-0.05, 0) is 35.4 Å². The topological polar surface area (TPSA) is 77.4 Å². The molecule has 0 aliphatic carbocycles. The molecule has 2 aromatic rings. The zero-order valence-corrected chi connectivity index (χ0v) is 18.9. The molecule has 196 valence electrons. The van der Waals surface area contributed by atoms with E-state index in [4.69, 9.17) is 18.9 Å². The Labute approximate surface area is 198 Å². The number of hydrogen-bond acceptors (Lipinski definition) is 6. The van der Waals surface area contributed by atoms with Crippen molar-refractivity contribution in [3.05, 3.63) is 59.7 Å². The van der Waals surface area contributed by atoms with E-state index in [2.05, 4.69) is 0 Å². The van der Waals surface area contributed by atoms with Crippen LogP contribution in [0.3, 0.4) is 0 Å². The molecule has 35 heavy (non-hydrogen) atoms. The van der Waals surface area contributed by atoms with Gasteiger partial charge in [-0.1, -0.05) is 24.3 Å². The fourth-order valence-electron chi connectivity index (χ4n) is 3.45. The van der Waals surface area contributed by atoms with Gasteiger partial charge in [0.15, 0.2) is 0 Å². The molecule has 2 N–H and O–H groups in total. The Kier molecular flexibility index (Phi) is 9.78. The molecule has 0 aromatic heterocycles. The quantitative estimate of drug-likeness (QED) is 0.421. The summed E-state index contributed by atoms with van der Waals surface area (Å²) in [6.07, 6.45) is -13.6. The second-order valence-corrected chi connectivity index (χ2v) is 7.63.